The van der Waals surface area contributed by atoms with E-state index in [9.17, 15) is 14.4 Å². The zero-order chi connectivity index (χ0) is 23.9. The van der Waals surface area contributed by atoms with Gasteiger partial charge in [0.2, 0.25) is 17.7 Å². The Morgan fingerprint density at radius 2 is 1.85 bits per heavy atom. The molecule has 0 unspecified atom stereocenters. The van der Waals surface area contributed by atoms with Gasteiger partial charge in [0.1, 0.15) is 6.04 Å². The molecule has 34 heavy (non-hydrogen) atoms. The molecule has 1 fully saturated rings. The first kappa shape index (κ1) is 23.8. The summed E-state index contributed by atoms with van der Waals surface area (Å²) >= 11 is 0. The van der Waals surface area contributed by atoms with Crippen molar-refractivity contribution >= 4 is 23.4 Å². The lowest BCUT2D eigenvalue weighted by Crippen LogP contribution is -2.41. The largest absolute Gasteiger partial charge is 0.384 e. The average molecular weight is 463 g/mol. The molecule has 1 atom stereocenters. The first-order valence-corrected chi connectivity index (χ1v) is 12.3. The SMILES string of the molecule is CCN1Cc2cc(CCC(=O)N[C@H](C(=O)N3CCCC3)c3ccccc3)ccc2NCCC1=O. The first-order valence-electron chi connectivity index (χ1n) is 12.3. The predicted octanol–water partition coefficient (Wildman–Crippen LogP) is 3.26. The maximum absolute atomic E-state index is 13.1. The molecule has 180 valence electrons. The average Bonchev–Trinajstić information content (AvgIpc) is 3.39. The van der Waals surface area contributed by atoms with Crippen LogP contribution in [0, 0.1) is 0 Å². The molecule has 2 aromatic rings. The van der Waals surface area contributed by atoms with Gasteiger partial charge in [0.15, 0.2) is 0 Å². The fraction of sp³-hybridized carbons (Fsp3) is 0.444. The van der Waals surface area contributed by atoms with E-state index in [0.717, 1.165) is 48.3 Å². The highest BCUT2D eigenvalue weighted by molar-refractivity contribution is 5.89. The number of rotatable bonds is 7. The molecule has 1 saturated heterocycles. The number of anilines is 1. The molecule has 0 bridgehead atoms. The summed E-state index contributed by atoms with van der Waals surface area (Å²) < 4.78 is 0. The highest BCUT2D eigenvalue weighted by Gasteiger charge is 2.29. The van der Waals surface area contributed by atoms with Crippen molar-refractivity contribution in [3.8, 4) is 0 Å². The van der Waals surface area contributed by atoms with Crippen molar-refractivity contribution in [2.75, 3.05) is 31.5 Å². The lowest BCUT2D eigenvalue weighted by atomic mass is 10.0. The van der Waals surface area contributed by atoms with Crippen molar-refractivity contribution < 1.29 is 14.4 Å². The predicted molar refractivity (Wildman–Crippen MR) is 132 cm³/mol. The lowest BCUT2D eigenvalue weighted by Gasteiger charge is -2.26. The van der Waals surface area contributed by atoms with Crippen molar-refractivity contribution in [1.29, 1.82) is 0 Å². The van der Waals surface area contributed by atoms with E-state index in [1.54, 1.807) is 0 Å². The Bertz CT molecular complexity index is 1020. The molecule has 0 radical (unpaired) electrons. The number of fused-ring (bicyclic) bond motifs is 1. The monoisotopic (exact) mass is 462 g/mol. The zero-order valence-corrected chi connectivity index (χ0v) is 19.9. The molecular weight excluding hydrogens is 428 g/mol. The second-order valence-corrected chi connectivity index (χ2v) is 9.02. The van der Waals surface area contributed by atoms with Gasteiger partial charge in [-0.15, -0.1) is 0 Å². The van der Waals surface area contributed by atoms with Crippen molar-refractivity contribution in [3.63, 3.8) is 0 Å². The number of amides is 3. The molecule has 2 aliphatic heterocycles. The van der Waals surface area contributed by atoms with Gasteiger partial charge >= 0.3 is 0 Å². The quantitative estimate of drug-likeness (QED) is 0.662. The first-order chi connectivity index (χ1) is 16.5. The molecule has 4 rings (SSSR count). The summed E-state index contributed by atoms with van der Waals surface area (Å²) in [5.74, 6) is -0.0229. The topological polar surface area (TPSA) is 81.8 Å². The molecule has 0 saturated carbocycles. The van der Waals surface area contributed by atoms with Gasteiger partial charge in [0.25, 0.3) is 0 Å². The third-order valence-corrected chi connectivity index (χ3v) is 6.66. The van der Waals surface area contributed by atoms with Gasteiger partial charge in [-0.05, 0) is 48.9 Å². The number of likely N-dealkylation sites (tertiary alicyclic amines) is 1. The van der Waals surface area contributed by atoms with Crippen LogP contribution in [0.15, 0.2) is 48.5 Å². The Morgan fingerprint density at radius 3 is 2.59 bits per heavy atom. The molecule has 2 aliphatic rings. The highest BCUT2D eigenvalue weighted by atomic mass is 16.2. The number of carbonyl (C=O) groups is 3. The van der Waals surface area contributed by atoms with Gasteiger partial charge in [-0.2, -0.15) is 0 Å². The maximum atomic E-state index is 13.1. The van der Waals surface area contributed by atoms with Crippen LogP contribution < -0.4 is 10.6 Å². The molecule has 7 heteroatoms. The third-order valence-electron chi connectivity index (χ3n) is 6.66. The van der Waals surface area contributed by atoms with Gasteiger partial charge in [-0.1, -0.05) is 42.5 Å². The van der Waals surface area contributed by atoms with Gasteiger partial charge in [0.05, 0.1) is 0 Å². The fourth-order valence-electron chi connectivity index (χ4n) is 4.69. The van der Waals surface area contributed by atoms with Crippen LogP contribution >= 0.6 is 0 Å². The number of aryl methyl sites for hydroxylation is 1. The van der Waals surface area contributed by atoms with Crippen LogP contribution in [0.2, 0.25) is 0 Å². The minimum absolute atomic E-state index is 0.0338. The second-order valence-electron chi connectivity index (χ2n) is 9.02. The number of hydrogen-bond donors (Lipinski definition) is 2. The number of carbonyl (C=O) groups excluding carboxylic acids is 3. The Labute approximate surface area is 201 Å². The van der Waals surface area contributed by atoms with Crippen LogP contribution in [0.1, 0.15) is 55.3 Å². The molecule has 2 heterocycles. The number of benzene rings is 2. The fourth-order valence-corrected chi connectivity index (χ4v) is 4.69. The normalized spacial score (nSPS) is 16.8. The Kier molecular flexibility index (Phi) is 7.83. The molecule has 0 aromatic heterocycles. The summed E-state index contributed by atoms with van der Waals surface area (Å²) in [5, 5.41) is 6.33. The van der Waals surface area contributed by atoms with Crippen LogP contribution in [0.5, 0.6) is 0 Å². The standard InChI is InChI=1S/C27H34N4O3/c1-2-30-19-22-18-20(10-12-23(22)28-15-14-25(30)33)11-13-24(32)29-26(21-8-4-3-5-9-21)27(34)31-16-6-7-17-31/h3-5,8-10,12,18,26,28H,2,6-7,11,13-17,19H2,1H3,(H,29,32)/t26-/m0/s1. The molecule has 7 nitrogen and oxygen atoms in total. The van der Waals surface area contributed by atoms with E-state index in [4.69, 9.17) is 0 Å². The van der Waals surface area contributed by atoms with E-state index in [-0.39, 0.29) is 17.7 Å². The number of hydrogen-bond acceptors (Lipinski definition) is 4. The summed E-state index contributed by atoms with van der Waals surface area (Å²) in [4.78, 5) is 42.0. The zero-order valence-electron chi connectivity index (χ0n) is 19.9. The van der Waals surface area contributed by atoms with Crippen molar-refractivity contribution in [2.24, 2.45) is 0 Å². The minimum Gasteiger partial charge on any atom is -0.384 e. The second kappa shape index (κ2) is 11.2. The summed E-state index contributed by atoms with van der Waals surface area (Å²) in [6.45, 7) is 5.36. The summed E-state index contributed by atoms with van der Waals surface area (Å²) in [5.41, 5.74) is 3.96. The summed E-state index contributed by atoms with van der Waals surface area (Å²) in [6.07, 6.45) is 3.37. The van der Waals surface area contributed by atoms with Gasteiger partial charge in [-0.25, -0.2) is 0 Å². The molecule has 2 N–H and O–H groups in total. The van der Waals surface area contributed by atoms with Gasteiger partial charge in [0, 0.05) is 51.3 Å². The molecular formula is C27H34N4O3. The molecule has 0 aliphatic carbocycles. The van der Waals surface area contributed by atoms with E-state index in [0.29, 0.717) is 38.9 Å². The van der Waals surface area contributed by atoms with Crippen LogP contribution in [0.4, 0.5) is 5.69 Å². The van der Waals surface area contributed by atoms with Gasteiger partial charge < -0.3 is 20.4 Å². The van der Waals surface area contributed by atoms with E-state index < -0.39 is 6.04 Å². The Balaban J connectivity index is 1.42. The van der Waals surface area contributed by atoms with Gasteiger partial charge in [-0.3, -0.25) is 14.4 Å². The smallest absolute Gasteiger partial charge is 0.249 e. The number of nitrogens with zero attached hydrogens (tertiary/aromatic N) is 2. The minimum atomic E-state index is -0.657. The molecule has 2 aromatic carbocycles. The third kappa shape index (κ3) is 5.76. The van der Waals surface area contributed by atoms with Crippen LogP contribution in [-0.2, 0) is 27.3 Å². The van der Waals surface area contributed by atoms with E-state index in [1.165, 1.54) is 0 Å². The Hall–Kier alpha value is -3.35. The summed E-state index contributed by atoms with van der Waals surface area (Å²) in [7, 11) is 0. The highest BCUT2D eigenvalue weighted by Crippen LogP contribution is 2.23. The van der Waals surface area contributed by atoms with Crippen LogP contribution in [-0.4, -0.2) is 53.7 Å². The van der Waals surface area contributed by atoms with Crippen molar-refractivity contribution in [1.82, 2.24) is 15.1 Å². The molecule has 3 amide bonds. The number of nitrogens with one attached hydrogen (secondary N) is 2. The summed E-state index contributed by atoms with van der Waals surface area (Å²) in [6, 6.07) is 15.0. The maximum Gasteiger partial charge on any atom is 0.249 e. The Morgan fingerprint density at radius 1 is 1.09 bits per heavy atom. The van der Waals surface area contributed by atoms with Crippen molar-refractivity contribution in [3.05, 3.63) is 65.2 Å². The molecule has 0 spiro atoms. The van der Waals surface area contributed by atoms with E-state index in [2.05, 4.69) is 16.7 Å². The van der Waals surface area contributed by atoms with E-state index >= 15 is 0 Å². The van der Waals surface area contributed by atoms with E-state index in [1.807, 2.05) is 59.2 Å². The van der Waals surface area contributed by atoms with Crippen LogP contribution in [0.25, 0.3) is 0 Å². The van der Waals surface area contributed by atoms with Crippen molar-refractivity contribution in [2.45, 2.75) is 51.6 Å². The van der Waals surface area contributed by atoms with Crippen LogP contribution in [0.3, 0.4) is 0 Å². The lowest BCUT2D eigenvalue weighted by molar-refractivity contribution is -0.135.